The molecule has 1 heterocycles. The number of benzene rings is 1. The number of nitrogens with one attached hydrogen (secondary N) is 1. The van der Waals surface area contributed by atoms with Crippen molar-refractivity contribution in [1.29, 1.82) is 0 Å². The number of amides is 3. The van der Waals surface area contributed by atoms with Crippen LogP contribution in [0.1, 0.15) is 10.4 Å². The average molecular weight is 280 g/mol. The van der Waals surface area contributed by atoms with Gasteiger partial charge in [0.1, 0.15) is 0 Å². The second-order valence-electron chi connectivity index (χ2n) is 3.88. The fourth-order valence-electron chi connectivity index (χ4n) is 1.63. The second kappa shape index (κ2) is 5.75. The molecule has 1 aliphatic rings. The van der Waals surface area contributed by atoms with Gasteiger partial charge in [0, 0.05) is 17.2 Å². The molecule has 7 heteroatoms. The fraction of sp³-hybridized carbons (Fsp3) is 0.250. The highest BCUT2D eigenvalue weighted by atomic mass is 32.2. The smallest absolute Gasteiger partial charge is 0.335 e. The van der Waals surface area contributed by atoms with Gasteiger partial charge < -0.3 is 10.4 Å². The van der Waals surface area contributed by atoms with Crippen LogP contribution in [-0.4, -0.2) is 46.8 Å². The van der Waals surface area contributed by atoms with E-state index in [4.69, 9.17) is 5.11 Å². The molecule has 1 aromatic rings. The van der Waals surface area contributed by atoms with E-state index in [9.17, 15) is 14.4 Å². The Kier molecular flexibility index (Phi) is 4.06. The van der Waals surface area contributed by atoms with Crippen molar-refractivity contribution in [3.05, 3.63) is 29.8 Å². The standard InChI is InChI=1S/C12H12N2O4S/c15-10-7-13-12(18)14(10)5-6-19-9-3-1-8(2-4-9)11(16)17/h1-4H,5-7H2,(H,13,18)(H,16,17). The minimum Gasteiger partial charge on any atom is -0.478 e. The number of carboxylic acid groups (broad SMARTS) is 1. The van der Waals surface area contributed by atoms with Crippen LogP contribution in [0.2, 0.25) is 0 Å². The van der Waals surface area contributed by atoms with Crippen molar-refractivity contribution in [2.24, 2.45) is 0 Å². The van der Waals surface area contributed by atoms with Crippen molar-refractivity contribution in [1.82, 2.24) is 10.2 Å². The number of carbonyl (C=O) groups excluding carboxylic acids is 2. The topological polar surface area (TPSA) is 86.7 Å². The summed E-state index contributed by atoms with van der Waals surface area (Å²) in [6.45, 7) is 0.410. The Balaban J connectivity index is 1.84. The molecular formula is C12H12N2O4S. The normalized spacial score (nSPS) is 14.6. The lowest BCUT2D eigenvalue weighted by Gasteiger charge is -2.11. The van der Waals surface area contributed by atoms with Gasteiger partial charge in [0.2, 0.25) is 5.91 Å². The highest BCUT2D eigenvalue weighted by Crippen LogP contribution is 2.18. The molecule has 2 rings (SSSR count). The fourth-order valence-corrected chi connectivity index (χ4v) is 2.47. The molecule has 1 aliphatic heterocycles. The lowest BCUT2D eigenvalue weighted by atomic mass is 10.2. The van der Waals surface area contributed by atoms with E-state index in [1.165, 1.54) is 28.8 Å². The Morgan fingerprint density at radius 3 is 2.53 bits per heavy atom. The molecule has 3 amide bonds. The van der Waals surface area contributed by atoms with Gasteiger partial charge in [-0.3, -0.25) is 9.69 Å². The number of hydrogen-bond acceptors (Lipinski definition) is 4. The summed E-state index contributed by atoms with van der Waals surface area (Å²) in [5.41, 5.74) is 0.235. The zero-order chi connectivity index (χ0) is 13.8. The van der Waals surface area contributed by atoms with Gasteiger partial charge in [-0.15, -0.1) is 11.8 Å². The first kappa shape index (κ1) is 13.4. The molecular weight excluding hydrogens is 268 g/mol. The van der Waals surface area contributed by atoms with Crippen molar-refractivity contribution >= 4 is 29.7 Å². The van der Waals surface area contributed by atoms with Gasteiger partial charge in [0.25, 0.3) is 0 Å². The Morgan fingerprint density at radius 1 is 1.32 bits per heavy atom. The van der Waals surface area contributed by atoms with E-state index >= 15 is 0 Å². The summed E-state index contributed by atoms with van der Waals surface area (Å²) in [5.74, 6) is -0.603. The number of carboxylic acids is 1. The Bertz CT molecular complexity index is 499. The molecule has 1 fully saturated rings. The summed E-state index contributed by atoms with van der Waals surface area (Å²) in [4.78, 5) is 35.3. The van der Waals surface area contributed by atoms with Gasteiger partial charge in [-0.1, -0.05) is 0 Å². The van der Waals surface area contributed by atoms with E-state index in [1.54, 1.807) is 12.1 Å². The quantitative estimate of drug-likeness (QED) is 0.621. The van der Waals surface area contributed by atoms with Crippen LogP contribution in [0, 0.1) is 0 Å². The van der Waals surface area contributed by atoms with Gasteiger partial charge in [0.15, 0.2) is 0 Å². The van der Waals surface area contributed by atoms with E-state index < -0.39 is 5.97 Å². The first-order chi connectivity index (χ1) is 9.08. The number of hydrogen-bond donors (Lipinski definition) is 2. The molecule has 100 valence electrons. The molecule has 1 aromatic carbocycles. The molecule has 2 N–H and O–H groups in total. The summed E-state index contributed by atoms with van der Waals surface area (Å²) >= 11 is 1.46. The van der Waals surface area contributed by atoms with Crippen LogP contribution in [0.15, 0.2) is 29.2 Å². The molecule has 19 heavy (non-hydrogen) atoms. The zero-order valence-electron chi connectivity index (χ0n) is 9.96. The number of aromatic carboxylic acids is 1. The Labute approximate surface area is 113 Å². The Morgan fingerprint density at radius 2 is 2.00 bits per heavy atom. The van der Waals surface area contributed by atoms with Crippen LogP contribution in [0.4, 0.5) is 4.79 Å². The molecule has 0 aromatic heterocycles. The summed E-state index contributed by atoms with van der Waals surface area (Å²) in [6, 6.07) is 6.11. The summed E-state index contributed by atoms with van der Waals surface area (Å²) < 4.78 is 0. The third kappa shape index (κ3) is 3.25. The monoisotopic (exact) mass is 280 g/mol. The maximum atomic E-state index is 11.3. The van der Waals surface area contributed by atoms with Crippen LogP contribution >= 0.6 is 11.8 Å². The second-order valence-corrected chi connectivity index (χ2v) is 5.05. The van der Waals surface area contributed by atoms with Gasteiger partial charge in [-0.25, -0.2) is 9.59 Å². The minimum absolute atomic E-state index is 0.0663. The van der Waals surface area contributed by atoms with Gasteiger partial charge >= 0.3 is 12.0 Å². The third-order valence-electron chi connectivity index (χ3n) is 2.62. The van der Waals surface area contributed by atoms with Gasteiger partial charge in [0.05, 0.1) is 12.1 Å². The molecule has 0 radical (unpaired) electrons. The van der Waals surface area contributed by atoms with Crippen molar-refractivity contribution in [3.8, 4) is 0 Å². The van der Waals surface area contributed by atoms with Gasteiger partial charge in [-0.2, -0.15) is 0 Å². The number of urea groups is 1. The van der Waals surface area contributed by atoms with Crippen molar-refractivity contribution in [2.45, 2.75) is 4.90 Å². The van der Waals surface area contributed by atoms with Crippen molar-refractivity contribution < 1.29 is 19.5 Å². The van der Waals surface area contributed by atoms with Gasteiger partial charge in [-0.05, 0) is 24.3 Å². The molecule has 0 spiro atoms. The third-order valence-corrected chi connectivity index (χ3v) is 3.61. The maximum absolute atomic E-state index is 11.3. The SMILES string of the molecule is O=C(O)c1ccc(SCCN2C(=O)CNC2=O)cc1. The maximum Gasteiger partial charge on any atom is 0.335 e. The van der Waals surface area contributed by atoms with E-state index in [2.05, 4.69) is 5.32 Å². The predicted molar refractivity (Wildman–Crippen MR) is 69.2 cm³/mol. The van der Waals surface area contributed by atoms with E-state index in [1.807, 2.05) is 0 Å². The minimum atomic E-state index is -0.962. The molecule has 6 nitrogen and oxygen atoms in total. The molecule has 0 saturated carbocycles. The van der Waals surface area contributed by atoms with Crippen LogP contribution < -0.4 is 5.32 Å². The predicted octanol–water partition coefficient (Wildman–Crippen LogP) is 1.03. The average Bonchev–Trinajstić information content (AvgIpc) is 2.71. The van der Waals surface area contributed by atoms with E-state index in [0.717, 1.165) is 4.90 Å². The summed E-state index contributed by atoms with van der Waals surface area (Å²) in [7, 11) is 0. The van der Waals surface area contributed by atoms with Crippen LogP contribution in [0.5, 0.6) is 0 Å². The van der Waals surface area contributed by atoms with Crippen molar-refractivity contribution in [3.63, 3.8) is 0 Å². The van der Waals surface area contributed by atoms with E-state index in [-0.39, 0.29) is 24.0 Å². The molecule has 0 unspecified atom stereocenters. The molecule has 0 aliphatic carbocycles. The molecule has 1 saturated heterocycles. The van der Waals surface area contributed by atoms with Crippen LogP contribution in [-0.2, 0) is 4.79 Å². The largest absolute Gasteiger partial charge is 0.478 e. The zero-order valence-corrected chi connectivity index (χ0v) is 10.8. The highest BCUT2D eigenvalue weighted by molar-refractivity contribution is 7.99. The number of carbonyl (C=O) groups is 3. The number of thioether (sulfide) groups is 1. The Hall–Kier alpha value is -2.02. The number of imide groups is 1. The van der Waals surface area contributed by atoms with E-state index in [0.29, 0.717) is 12.3 Å². The number of rotatable bonds is 5. The first-order valence-electron chi connectivity index (χ1n) is 5.62. The lowest BCUT2D eigenvalue weighted by molar-refractivity contribution is -0.124. The summed E-state index contributed by atoms with van der Waals surface area (Å²) in [6.07, 6.45) is 0. The molecule has 0 atom stereocenters. The van der Waals surface area contributed by atoms with Crippen LogP contribution in [0.25, 0.3) is 0 Å². The summed E-state index contributed by atoms with van der Waals surface area (Å²) in [5, 5.41) is 11.2. The number of nitrogens with zero attached hydrogens (tertiary/aromatic N) is 1. The van der Waals surface area contributed by atoms with Crippen molar-refractivity contribution in [2.75, 3.05) is 18.8 Å². The lowest BCUT2D eigenvalue weighted by Crippen LogP contribution is -2.32. The highest BCUT2D eigenvalue weighted by Gasteiger charge is 2.27. The van der Waals surface area contributed by atoms with Crippen LogP contribution in [0.3, 0.4) is 0 Å². The molecule has 0 bridgehead atoms. The first-order valence-corrected chi connectivity index (χ1v) is 6.61.